The maximum atomic E-state index is 9.99. The van der Waals surface area contributed by atoms with Crippen LogP contribution in [-0.2, 0) is 9.47 Å². The molecule has 0 aromatic rings. The molecule has 1 aliphatic rings. The van der Waals surface area contributed by atoms with Crippen LogP contribution < -0.4 is 0 Å². The van der Waals surface area contributed by atoms with Gasteiger partial charge in [0.25, 0.3) is 0 Å². The molecule has 1 aliphatic heterocycles. The van der Waals surface area contributed by atoms with Crippen molar-refractivity contribution in [3.05, 3.63) is 0 Å². The highest BCUT2D eigenvalue weighted by atomic mass is 16.7. The summed E-state index contributed by atoms with van der Waals surface area (Å²) >= 11 is 0. The van der Waals surface area contributed by atoms with Crippen LogP contribution >= 0.6 is 0 Å². The van der Waals surface area contributed by atoms with Crippen molar-refractivity contribution < 1.29 is 40.1 Å². The average molecular weight is 268 g/mol. The summed E-state index contributed by atoms with van der Waals surface area (Å²) in [4.78, 5) is 0. The maximum absolute atomic E-state index is 9.99. The summed E-state index contributed by atoms with van der Waals surface area (Å²) < 4.78 is 9.98. The molecule has 0 saturated carbocycles. The van der Waals surface area contributed by atoms with Crippen molar-refractivity contribution in [3.8, 4) is 0 Å². The fraction of sp³-hybridized carbons (Fsp3) is 1.00. The van der Waals surface area contributed by atoms with Crippen LogP contribution in [0.15, 0.2) is 0 Å². The third-order valence-electron chi connectivity index (χ3n) is 3.19. The van der Waals surface area contributed by atoms with Gasteiger partial charge in [-0.3, -0.25) is 0 Å². The number of hydrogen-bond donors (Lipinski definition) is 6. The predicted molar refractivity (Wildman–Crippen MR) is 57.4 cm³/mol. The molecule has 4 unspecified atom stereocenters. The summed E-state index contributed by atoms with van der Waals surface area (Å²) in [5.41, 5.74) is -1.51. The molecule has 6 N–H and O–H groups in total. The standard InChI is InChI=1S/C10H20O8/c11-1-6(13)8(15)10(3-17-5-18-4-10)9(16)7(14)2-12/h6-9,11-16H,1-5H2. The Kier molecular flexibility index (Phi) is 5.89. The Morgan fingerprint density at radius 2 is 1.22 bits per heavy atom. The summed E-state index contributed by atoms with van der Waals surface area (Å²) in [6, 6.07) is 0. The molecule has 0 amide bonds. The van der Waals surface area contributed by atoms with E-state index in [-0.39, 0.29) is 20.0 Å². The van der Waals surface area contributed by atoms with Gasteiger partial charge in [0, 0.05) is 0 Å². The number of rotatable bonds is 6. The molecule has 0 radical (unpaired) electrons. The van der Waals surface area contributed by atoms with Gasteiger partial charge in [-0.05, 0) is 0 Å². The van der Waals surface area contributed by atoms with Crippen molar-refractivity contribution in [1.29, 1.82) is 0 Å². The third-order valence-corrected chi connectivity index (χ3v) is 3.19. The fourth-order valence-corrected chi connectivity index (χ4v) is 2.05. The molecule has 0 aromatic heterocycles. The van der Waals surface area contributed by atoms with Crippen LogP contribution in [0.4, 0.5) is 0 Å². The van der Waals surface area contributed by atoms with Crippen LogP contribution in [0.2, 0.25) is 0 Å². The predicted octanol–water partition coefficient (Wildman–Crippen LogP) is -3.59. The molecule has 108 valence electrons. The zero-order valence-corrected chi connectivity index (χ0v) is 9.84. The Balaban J connectivity index is 2.93. The van der Waals surface area contributed by atoms with Gasteiger partial charge in [0.2, 0.25) is 0 Å². The van der Waals surface area contributed by atoms with Crippen molar-refractivity contribution in [1.82, 2.24) is 0 Å². The summed E-state index contributed by atoms with van der Waals surface area (Å²) in [5, 5.41) is 56.6. The molecule has 1 rings (SSSR count). The van der Waals surface area contributed by atoms with Gasteiger partial charge in [-0.2, -0.15) is 0 Å². The molecule has 0 aromatic carbocycles. The van der Waals surface area contributed by atoms with Gasteiger partial charge < -0.3 is 40.1 Å². The fourth-order valence-electron chi connectivity index (χ4n) is 2.05. The lowest BCUT2D eigenvalue weighted by Crippen LogP contribution is -2.62. The second-order valence-corrected chi connectivity index (χ2v) is 4.44. The second kappa shape index (κ2) is 6.73. The lowest BCUT2D eigenvalue weighted by Gasteiger charge is -2.45. The lowest BCUT2D eigenvalue weighted by molar-refractivity contribution is -0.257. The Hall–Kier alpha value is -0.320. The van der Waals surface area contributed by atoms with E-state index < -0.39 is 43.0 Å². The van der Waals surface area contributed by atoms with E-state index in [2.05, 4.69) is 0 Å². The van der Waals surface area contributed by atoms with E-state index in [1.165, 1.54) is 0 Å². The van der Waals surface area contributed by atoms with Crippen LogP contribution in [0.3, 0.4) is 0 Å². The van der Waals surface area contributed by atoms with Crippen LogP contribution in [0.5, 0.6) is 0 Å². The monoisotopic (exact) mass is 268 g/mol. The van der Waals surface area contributed by atoms with E-state index in [0.717, 1.165) is 0 Å². The minimum Gasteiger partial charge on any atom is -0.394 e. The summed E-state index contributed by atoms with van der Waals surface area (Å²) in [7, 11) is 0. The zero-order valence-electron chi connectivity index (χ0n) is 9.84. The summed E-state index contributed by atoms with van der Waals surface area (Å²) in [5.74, 6) is 0. The molecule has 0 spiro atoms. The second-order valence-electron chi connectivity index (χ2n) is 4.44. The van der Waals surface area contributed by atoms with Crippen molar-refractivity contribution in [2.45, 2.75) is 24.4 Å². The minimum absolute atomic E-state index is 0.0361. The van der Waals surface area contributed by atoms with Crippen LogP contribution in [0.25, 0.3) is 0 Å². The van der Waals surface area contributed by atoms with Crippen molar-refractivity contribution in [2.24, 2.45) is 5.41 Å². The first-order valence-corrected chi connectivity index (χ1v) is 5.59. The Morgan fingerprint density at radius 1 is 0.833 bits per heavy atom. The first-order chi connectivity index (χ1) is 8.49. The van der Waals surface area contributed by atoms with Gasteiger partial charge in [0.1, 0.15) is 19.0 Å². The van der Waals surface area contributed by atoms with Gasteiger partial charge in [-0.1, -0.05) is 0 Å². The van der Waals surface area contributed by atoms with E-state index in [1.807, 2.05) is 0 Å². The molecule has 8 heteroatoms. The Morgan fingerprint density at radius 3 is 1.56 bits per heavy atom. The summed E-state index contributed by atoms with van der Waals surface area (Å²) in [6.45, 7) is -1.83. The third kappa shape index (κ3) is 2.98. The van der Waals surface area contributed by atoms with Crippen molar-refractivity contribution in [2.75, 3.05) is 33.2 Å². The van der Waals surface area contributed by atoms with Crippen LogP contribution in [0, 0.1) is 5.41 Å². The molecular formula is C10H20O8. The lowest BCUT2D eigenvalue weighted by atomic mass is 9.73. The van der Waals surface area contributed by atoms with Gasteiger partial charge in [0.15, 0.2) is 0 Å². The molecule has 1 heterocycles. The highest BCUT2D eigenvalue weighted by Gasteiger charge is 2.51. The van der Waals surface area contributed by atoms with Gasteiger partial charge in [0.05, 0.1) is 44.1 Å². The first-order valence-electron chi connectivity index (χ1n) is 5.59. The van der Waals surface area contributed by atoms with E-state index in [9.17, 15) is 20.4 Å². The molecular weight excluding hydrogens is 248 g/mol. The molecule has 1 fully saturated rings. The number of hydrogen-bond acceptors (Lipinski definition) is 8. The molecule has 8 nitrogen and oxygen atoms in total. The van der Waals surface area contributed by atoms with Crippen molar-refractivity contribution >= 4 is 0 Å². The molecule has 1 saturated heterocycles. The normalized spacial score (nSPS) is 26.3. The molecule has 0 aliphatic carbocycles. The van der Waals surface area contributed by atoms with Crippen molar-refractivity contribution in [3.63, 3.8) is 0 Å². The number of ether oxygens (including phenoxy) is 2. The Labute approximate surface area is 104 Å². The van der Waals surface area contributed by atoms with Crippen LogP contribution in [-0.4, -0.2) is 88.3 Å². The topological polar surface area (TPSA) is 140 Å². The Bertz CT molecular complexity index is 224. The SMILES string of the molecule is OCC(O)C(O)C1(C(O)C(O)CO)COCOC1. The summed E-state index contributed by atoms with van der Waals surface area (Å²) in [6.07, 6.45) is -6.18. The average Bonchev–Trinajstić information content (AvgIpc) is 2.44. The van der Waals surface area contributed by atoms with E-state index in [4.69, 9.17) is 19.7 Å². The smallest absolute Gasteiger partial charge is 0.146 e. The zero-order chi connectivity index (χ0) is 13.8. The number of aliphatic hydroxyl groups excluding tert-OH is 6. The van der Waals surface area contributed by atoms with Crippen LogP contribution in [0.1, 0.15) is 0 Å². The van der Waals surface area contributed by atoms with E-state index in [1.54, 1.807) is 0 Å². The largest absolute Gasteiger partial charge is 0.394 e. The van der Waals surface area contributed by atoms with E-state index in [0.29, 0.717) is 0 Å². The van der Waals surface area contributed by atoms with Gasteiger partial charge >= 0.3 is 0 Å². The minimum atomic E-state index is -1.57. The number of aliphatic hydroxyl groups is 6. The highest BCUT2D eigenvalue weighted by molar-refractivity contribution is 4.99. The quantitative estimate of drug-likeness (QED) is 0.290. The molecule has 0 bridgehead atoms. The molecule has 18 heavy (non-hydrogen) atoms. The highest BCUT2D eigenvalue weighted by Crippen LogP contribution is 2.34. The first kappa shape index (κ1) is 15.7. The molecule has 4 atom stereocenters. The van der Waals surface area contributed by atoms with E-state index >= 15 is 0 Å². The van der Waals surface area contributed by atoms with Gasteiger partial charge in [-0.15, -0.1) is 0 Å². The van der Waals surface area contributed by atoms with Gasteiger partial charge in [-0.25, -0.2) is 0 Å². The maximum Gasteiger partial charge on any atom is 0.146 e.